The van der Waals surface area contributed by atoms with Gasteiger partial charge in [0.1, 0.15) is 0 Å². The molecule has 0 heterocycles. The van der Waals surface area contributed by atoms with E-state index in [1.165, 1.54) is 36.8 Å². The molecule has 0 aliphatic heterocycles. The minimum Gasteiger partial charge on any atom is -0.321 e. The second-order valence-electron chi connectivity index (χ2n) is 5.92. The fourth-order valence-electron chi connectivity index (χ4n) is 3.24. The van der Waals surface area contributed by atoms with E-state index >= 15 is 0 Å². The molecule has 1 saturated carbocycles. The third-order valence-electron chi connectivity index (χ3n) is 4.72. The van der Waals surface area contributed by atoms with Crippen LogP contribution in [0.25, 0.3) is 0 Å². The number of nitrogens with two attached hydrogens (primary N) is 1. The maximum Gasteiger partial charge on any atom is 0.0409 e. The first-order chi connectivity index (χ1) is 8.68. The molecule has 2 atom stereocenters. The number of benzene rings is 1. The topological polar surface area (TPSA) is 26.0 Å². The normalized spacial score (nSPS) is 28.9. The van der Waals surface area contributed by atoms with E-state index in [1.807, 2.05) is 0 Å². The van der Waals surface area contributed by atoms with Gasteiger partial charge in [-0.15, -0.1) is 0 Å². The quantitative estimate of drug-likeness (QED) is 0.785. The highest BCUT2D eigenvalue weighted by Gasteiger charge is 2.30. The molecule has 0 radical (unpaired) electrons. The molecule has 1 aliphatic rings. The predicted molar refractivity (Wildman–Crippen MR) is 78.6 cm³/mol. The Hall–Kier alpha value is -0.820. The largest absolute Gasteiger partial charge is 0.321 e. The molecule has 0 bridgehead atoms. The van der Waals surface area contributed by atoms with E-state index in [9.17, 15) is 0 Å². The zero-order valence-electron chi connectivity index (χ0n) is 11.9. The highest BCUT2D eigenvalue weighted by atomic mass is 14.7. The Morgan fingerprint density at radius 2 is 2.06 bits per heavy atom. The zero-order valence-corrected chi connectivity index (χ0v) is 11.9. The van der Waals surface area contributed by atoms with Gasteiger partial charge in [0.05, 0.1) is 0 Å². The summed E-state index contributed by atoms with van der Waals surface area (Å²) in [7, 11) is 0. The van der Waals surface area contributed by atoms with Gasteiger partial charge in [-0.05, 0) is 42.7 Å². The maximum absolute atomic E-state index is 6.72. The molecule has 100 valence electrons. The van der Waals surface area contributed by atoms with Gasteiger partial charge in [0.25, 0.3) is 0 Å². The van der Waals surface area contributed by atoms with Crippen LogP contribution in [0.5, 0.6) is 0 Å². The third kappa shape index (κ3) is 2.95. The second kappa shape index (κ2) is 5.88. The third-order valence-corrected chi connectivity index (χ3v) is 4.72. The molecule has 1 nitrogen and oxygen atoms in total. The van der Waals surface area contributed by atoms with Gasteiger partial charge in [0, 0.05) is 5.54 Å². The minimum atomic E-state index is -0.0743. The average Bonchev–Trinajstić information content (AvgIpc) is 2.61. The summed E-state index contributed by atoms with van der Waals surface area (Å²) in [5, 5.41) is 0. The van der Waals surface area contributed by atoms with Gasteiger partial charge in [-0.25, -0.2) is 0 Å². The van der Waals surface area contributed by atoms with E-state index in [1.54, 1.807) is 0 Å². The lowest BCUT2D eigenvalue weighted by Crippen LogP contribution is -2.36. The van der Waals surface area contributed by atoms with E-state index in [-0.39, 0.29) is 5.54 Å². The fourth-order valence-corrected chi connectivity index (χ4v) is 3.24. The first-order valence-corrected chi connectivity index (χ1v) is 7.56. The summed E-state index contributed by atoms with van der Waals surface area (Å²) < 4.78 is 0. The van der Waals surface area contributed by atoms with Crippen molar-refractivity contribution in [3.05, 3.63) is 35.4 Å². The fraction of sp³-hybridized carbons (Fsp3) is 0.647. The Morgan fingerprint density at radius 1 is 1.22 bits per heavy atom. The molecule has 2 unspecified atom stereocenters. The summed E-state index contributed by atoms with van der Waals surface area (Å²) in [5.74, 6) is 0.893. The summed E-state index contributed by atoms with van der Waals surface area (Å²) in [6, 6.07) is 8.93. The van der Waals surface area contributed by atoms with Crippen LogP contribution in [0.4, 0.5) is 0 Å². The second-order valence-corrected chi connectivity index (χ2v) is 5.92. The van der Waals surface area contributed by atoms with E-state index < -0.39 is 0 Å². The van der Waals surface area contributed by atoms with Gasteiger partial charge >= 0.3 is 0 Å². The SMILES string of the molecule is CCc1cccc(C2(N)CCCC(CC)CC2)c1. The van der Waals surface area contributed by atoms with Crippen LogP contribution >= 0.6 is 0 Å². The molecule has 1 heteroatoms. The van der Waals surface area contributed by atoms with Crippen LogP contribution < -0.4 is 5.73 Å². The van der Waals surface area contributed by atoms with E-state index in [4.69, 9.17) is 5.73 Å². The molecular formula is C17H27N. The number of hydrogen-bond donors (Lipinski definition) is 1. The van der Waals surface area contributed by atoms with Crippen molar-refractivity contribution in [3.63, 3.8) is 0 Å². The van der Waals surface area contributed by atoms with Crippen molar-refractivity contribution in [1.82, 2.24) is 0 Å². The molecule has 0 amide bonds. The van der Waals surface area contributed by atoms with Crippen molar-refractivity contribution in [2.75, 3.05) is 0 Å². The smallest absolute Gasteiger partial charge is 0.0409 e. The highest BCUT2D eigenvalue weighted by Crippen LogP contribution is 2.37. The molecule has 1 aliphatic carbocycles. The molecule has 0 saturated heterocycles. The molecular weight excluding hydrogens is 218 g/mol. The van der Waals surface area contributed by atoms with Crippen molar-refractivity contribution in [3.8, 4) is 0 Å². The van der Waals surface area contributed by atoms with Crippen LogP contribution in [0.2, 0.25) is 0 Å². The average molecular weight is 245 g/mol. The molecule has 0 spiro atoms. The zero-order chi connectivity index (χ0) is 13.0. The summed E-state index contributed by atoms with van der Waals surface area (Å²) in [6.45, 7) is 4.52. The van der Waals surface area contributed by atoms with Crippen molar-refractivity contribution in [1.29, 1.82) is 0 Å². The van der Waals surface area contributed by atoms with E-state index in [0.29, 0.717) is 0 Å². The Kier molecular flexibility index (Phi) is 4.45. The highest BCUT2D eigenvalue weighted by molar-refractivity contribution is 5.29. The van der Waals surface area contributed by atoms with E-state index in [2.05, 4.69) is 38.1 Å². The van der Waals surface area contributed by atoms with Crippen molar-refractivity contribution < 1.29 is 0 Å². The molecule has 1 aromatic carbocycles. The van der Waals surface area contributed by atoms with Crippen LogP contribution in [0.3, 0.4) is 0 Å². The molecule has 0 aromatic heterocycles. The number of hydrogen-bond acceptors (Lipinski definition) is 1. The predicted octanol–water partition coefficient (Wildman–Crippen LogP) is 4.39. The molecule has 2 rings (SSSR count). The van der Waals surface area contributed by atoms with Gasteiger partial charge in [-0.1, -0.05) is 57.4 Å². The van der Waals surface area contributed by atoms with Crippen LogP contribution in [0.1, 0.15) is 63.5 Å². The van der Waals surface area contributed by atoms with Crippen LogP contribution in [-0.2, 0) is 12.0 Å². The number of rotatable bonds is 3. The summed E-state index contributed by atoms with van der Waals surface area (Å²) in [4.78, 5) is 0. The first-order valence-electron chi connectivity index (χ1n) is 7.56. The van der Waals surface area contributed by atoms with Gasteiger partial charge in [-0.2, -0.15) is 0 Å². The van der Waals surface area contributed by atoms with Gasteiger partial charge in [0.2, 0.25) is 0 Å². The molecule has 2 N–H and O–H groups in total. The molecule has 1 aromatic rings. The number of aryl methyl sites for hydroxylation is 1. The van der Waals surface area contributed by atoms with Crippen molar-refractivity contribution >= 4 is 0 Å². The summed E-state index contributed by atoms with van der Waals surface area (Å²) >= 11 is 0. The van der Waals surface area contributed by atoms with E-state index in [0.717, 1.165) is 25.2 Å². The van der Waals surface area contributed by atoms with Gasteiger partial charge < -0.3 is 5.73 Å². The standard InChI is InChI=1S/C17H27N/c1-3-14-8-6-11-17(18,12-10-14)16-9-5-7-15(4-2)13-16/h5,7,9,13-14H,3-4,6,8,10-12,18H2,1-2H3. The summed E-state index contributed by atoms with van der Waals surface area (Å²) in [5.41, 5.74) is 9.42. The van der Waals surface area contributed by atoms with Crippen LogP contribution in [0.15, 0.2) is 24.3 Å². The molecule has 18 heavy (non-hydrogen) atoms. The van der Waals surface area contributed by atoms with Crippen LogP contribution in [-0.4, -0.2) is 0 Å². The van der Waals surface area contributed by atoms with Gasteiger partial charge in [0.15, 0.2) is 0 Å². The minimum absolute atomic E-state index is 0.0743. The van der Waals surface area contributed by atoms with Gasteiger partial charge in [-0.3, -0.25) is 0 Å². The molecule has 1 fully saturated rings. The lowest BCUT2D eigenvalue weighted by molar-refractivity contribution is 0.371. The lowest BCUT2D eigenvalue weighted by atomic mass is 9.82. The monoisotopic (exact) mass is 245 g/mol. The Bertz CT molecular complexity index is 385. The van der Waals surface area contributed by atoms with Crippen molar-refractivity contribution in [2.24, 2.45) is 11.7 Å². The Morgan fingerprint density at radius 3 is 2.78 bits per heavy atom. The van der Waals surface area contributed by atoms with Crippen LogP contribution in [0, 0.1) is 5.92 Å². The Labute approximate surface area is 112 Å². The summed E-state index contributed by atoms with van der Waals surface area (Å²) in [6.07, 6.45) is 8.65. The Balaban J connectivity index is 2.18. The first kappa shape index (κ1) is 13.6. The van der Waals surface area contributed by atoms with Crippen molar-refractivity contribution in [2.45, 2.75) is 64.3 Å². The maximum atomic E-state index is 6.72. The lowest BCUT2D eigenvalue weighted by Gasteiger charge is -2.29.